The number of carbonyl (C=O) groups excluding carboxylic acids is 1. The number of ether oxygens (including phenoxy) is 1. The molecule has 5 heteroatoms. The van der Waals surface area contributed by atoms with E-state index in [1.807, 2.05) is 24.3 Å². The molecular formula is C11H11N3O2. The quantitative estimate of drug-likeness (QED) is 0.824. The Labute approximate surface area is 92.5 Å². The van der Waals surface area contributed by atoms with Crippen molar-refractivity contribution in [2.75, 3.05) is 13.7 Å². The molecule has 2 rings (SSSR count). The van der Waals surface area contributed by atoms with E-state index in [9.17, 15) is 4.79 Å². The lowest BCUT2D eigenvalue weighted by Gasteiger charge is -2.03. The van der Waals surface area contributed by atoms with Crippen molar-refractivity contribution in [3.05, 3.63) is 30.5 Å². The van der Waals surface area contributed by atoms with Crippen molar-refractivity contribution in [2.45, 2.75) is 0 Å². The van der Waals surface area contributed by atoms with Crippen LogP contribution < -0.4 is 10.1 Å². The van der Waals surface area contributed by atoms with Crippen molar-refractivity contribution < 1.29 is 9.53 Å². The standard InChI is InChI=1S/C11H11N3O2/c1-12-10(15)7-16-11-13-6-8-4-2-3-5-9(8)14-11/h2-6H,7H2,1H3,(H,12,15). The normalized spacial score (nSPS) is 10.1. The van der Waals surface area contributed by atoms with Crippen LogP contribution in [0.3, 0.4) is 0 Å². The Morgan fingerprint density at radius 3 is 3.06 bits per heavy atom. The largest absolute Gasteiger partial charge is 0.453 e. The van der Waals surface area contributed by atoms with E-state index >= 15 is 0 Å². The van der Waals surface area contributed by atoms with Crippen molar-refractivity contribution in [2.24, 2.45) is 0 Å². The van der Waals surface area contributed by atoms with Crippen LogP contribution in [0.25, 0.3) is 10.9 Å². The summed E-state index contributed by atoms with van der Waals surface area (Å²) in [6.07, 6.45) is 1.67. The minimum atomic E-state index is -0.211. The minimum absolute atomic E-state index is 0.0746. The number of fused-ring (bicyclic) bond motifs is 1. The van der Waals surface area contributed by atoms with Gasteiger partial charge in [-0.25, -0.2) is 4.98 Å². The molecule has 1 aromatic carbocycles. The van der Waals surface area contributed by atoms with E-state index in [-0.39, 0.29) is 18.5 Å². The number of amides is 1. The molecule has 0 saturated carbocycles. The van der Waals surface area contributed by atoms with Crippen LogP contribution in [0.4, 0.5) is 0 Å². The van der Waals surface area contributed by atoms with Crippen LogP contribution >= 0.6 is 0 Å². The molecule has 0 fully saturated rings. The summed E-state index contributed by atoms with van der Waals surface area (Å²) < 4.78 is 5.13. The van der Waals surface area contributed by atoms with Crippen molar-refractivity contribution in [1.29, 1.82) is 0 Å². The first kappa shape index (κ1) is 10.4. The average molecular weight is 217 g/mol. The summed E-state index contributed by atoms with van der Waals surface area (Å²) in [6.45, 7) is -0.0746. The first-order valence-corrected chi connectivity index (χ1v) is 4.85. The monoisotopic (exact) mass is 217 g/mol. The second-order valence-corrected chi connectivity index (χ2v) is 3.17. The lowest BCUT2D eigenvalue weighted by molar-refractivity contribution is -0.122. The molecule has 1 N–H and O–H groups in total. The third-order valence-corrected chi connectivity index (χ3v) is 2.08. The summed E-state index contributed by atoms with van der Waals surface area (Å²) in [4.78, 5) is 19.1. The Morgan fingerprint density at radius 2 is 2.25 bits per heavy atom. The number of hydrogen-bond acceptors (Lipinski definition) is 4. The Bertz CT molecular complexity index is 513. The minimum Gasteiger partial charge on any atom is -0.453 e. The van der Waals surface area contributed by atoms with Crippen LogP contribution in [-0.4, -0.2) is 29.5 Å². The van der Waals surface area contributed by atoms with Gasteiger partial charge >= 0.3 is 6.01 Å². The predicted octanol–water partition coefficient (Wildman–Crippen LogP) is 0.755. The maximum Gasteiger partial charge on any atom is 0.317 e. The topological polar surface area (TPSA) is 64.1 Å². The number of benzene rings is 1. The smallest absolute Gasteiger partial charge is 0.317 e. The summed E-state index contributed by atoms with van der Waals surface area (Å²) in [5.74, 6) is -0.211. The van der Waals surface area contributed by atoms with E-state index in [1.165, 1.54) is 0 Å². The third-order valence-electron chi connectivity index (χ3n) is 2.08. The van der Waals surface area contributed by atoms with Gasteiger partial charge in [0.2, 0.25) is 0 Å². The highest BCUT2D eigenvalue weighted by molar-refractivity contribution is 5.78. The van der Waals surface area contributed by atoms with Crippen LogP contribution in [0.5, 0.6) is 6.01 Å². The van der Waals surface area contributed by atoms with Crippen LogP contribution in [-0.2, 0) is 4.79 Å². The zero-order chi connectivity index (χ0) is 11.4. The van der Waals surface area contributed by atoms with Crippen molar-refractivity contribution >= 4 is 16.8 Å². The molecule has 0 aliphatic carbocycles. The van der Waals surface area contributed by atoms with Crippen LogP contribution in [0.1, 0.15) is 0 Å². The molecule has 0 atom stereocenters. The number of nitrogens with zero attached hydrogens (tertiary/aromatic N) is 2. The molecule has 82 valence electrons. The number of aromatic nitrogens is 2. The Balaban J connectivity index is 2.16. The molecule has 0 unspecified atom stereocenters. The Hall–Kier alpha value is -2.17. The summed E-state index contributed by atoms with van der Waals surface area (Å²) in [7, 11) is 1.55. The van der Waals surface area contributed by atoms with Crippen LogP contribution in [0.2, 0.25) is 0 Å². The number of likely N-dealkylation sites (N-methyl/N-ethyl adjacent to an activating group) is 1. The summed E-state index contributed by atoms with van der Waals surface area (Å²) in [5.41, 5.74) is 0.796. The van der Waals surface area contributed by atoms with Gasteiger partial charge < -0.3 is 10.1 Å². The highest BCUT2D eigenvalue weighted by Gasteiger charge is 2.03. The molecule has 0 aliphatic rings. The number of rotatable bonds is 3. The van der Waals surface area contributed by atoms with Gasteiger partial charge in [-0.15, -0.1) is 0 Å². The molecule has 1 amide bonds. The summed E-state index contributed by atoms with van der Waals surface area (Å²) in [5, 5.41) is 3.39. The average Bonchev–Trinajstić information content (AvgIpc) is 2.35. The lowest BCUT2D eigenvalue weighted by atomic mass is 10.2. The van der Waals surface area contributed by atoms with Crippen LogP contribution in [0.15, 0.2) is 30.5 Å². The molecule has 0 bridgehead atoms. The van der Waals surface area contributed by atoms with Gasteiger partial charge in [-0.2, -0.15) is 4.98 Å². The van der Waals surface area contributed by atoms with E-state index in [1.54, 1.807) is 13.2 Å². The SMILES string of the molecule is CNC(=O)COc1ncc2ccccc2n1. The second-order valence-electron chi connectivity index (χ2n) is 3.17. The molecule has 1 aromatic heterocycles. The zero-order valence-electron chi connectivity index (χ0n) is 8.80. The van der Waals surface area contributed by atoms with Gasteiger partial charge in [0.15, 0.2) is 6.61 Å². The van der Waals surface area contributed by atoms with E-state index in [4.69, 9.17) is 4.74 Å². The predicted molar refractivity (Wildman–Crippen MR) is 59.1 cm³/mol. The van der Waals surface area contributed by atoms with Gasteiger partial charge in [0.1, 0.15) is 0 Å². The van der Waals surface area contributed by atoms with Crippen molar-refractivity contribution in [3.8, 4) is 6.01 Å². The van der Waals surface area contributed by atoms with Gasteiger partial charge in [0, 0.05) is 18.6 Å². The lowest BCUT2D eigenvalue weighted by Crippen LogP contribution is -2.25. The highest BCUT2D eigenvalue weighted by Crippen LogP contribution is 2.12. The molecule has 5 nitrogen and oxygen atoms in total. The highest BCUT2D eigenvalue weighted by atomic mass is 16.5. The first-order chi connectivity index (χ1) is 7.79. The Morgan fingerprint density at radius 1 is 1.44 bits per heavy atom. The second kappa shape index (κ2) is 4.57. The van der Waals surface area contributed by atoms with Crippen molar-refractivity contribution in [3.63, 3.8) is 0 Å². The zero-order valence-corrected chi connectivity index (χ0v) is 8.80. The van der Waals surface area contributed by atoms with Crippen LogP contribution in [0, 0.1) is 0 Å². The molecule has 0 aliphatic heterocycles. The van der Waals surface area contributed by atoms with E-state index in [0.29, 0.717) is 0 Å². The summed E-state index contributed by atoms with van der Waals surface area (Å²) in [6, 6.07) is 7.79. The number of carbonyl (C=O) groups is 1. The molecule has 0 radical (unpaired) electrons. The number of nitrogens with one attached hydrogen (secondary N) is 1. The van der Waals surface area contributed by atoms with Gasteiger partial charge in [0.05, 0.1) is 5.52 Å². The van der Waals surface area contributed by atoms with Gasteiger partial charge in [-0.1, -0.05) is 18.2 Å². The molecule has 0 spiro atoms. The number of para-hydroxylation sites is 1. The maximum atomic E-state index is 11.0. The Kier molecular flexibility index (Phi) is 2.95. The van der Waals surface area contributed by atoms with E-state index in [0.717, 1.165) is 10.9 Å². The molecule has 2 aromatic rings. The summed E-state index contributed by atoms with van der Waals surface area (Å²) >= 11 is 0. The first-order valence-electron chi connectivity index (χ1n) is 4.85. The molecule has 0 saturated heterocycles. The van der Waals surface area contributed by atoms with Gasteiger partial charge in [0.25, 0.3) is 5.91 Å². The maximum absolute atomic E-state index is 11.0. The van der Waals surface area contributed by atoms with Gasteiger partial charge in [-0.3, -0.25) is 4.79 Å². The van der Waals surface area contributed by atoms with Crippen molar-refractivity contribution in [1.82, 2.24) is 15.3 Å². The fourth-order valence-corrected chi connectivity index (χ4v) is 1.23. The van der Waals surface area contributed by atoms with E-state index < -0.39 is 0 Å². The fourth-order valence-electron chi connectivity index (χ4n) is 1.23. The van der Waals surface area contributed by atoms with Gasteiger partial charge in [-0.05, 0) is 6.07 Å². The number of hydrogen-bond donors (Lipinski definition) is 1. The third kappa shape index (κ3) is 2.25. The van der Waals surface area contributed by atoms with E-state index in [2.05, 4.69) is 15.3 Å². The molecular weight excluding hydrogens is 206 g/mol. The fraction of sp³-hybridized carbons (Fsp3) is 0.182. The molecule has 1 heterocycles. The molecule has 16 heavy (non-hydrogen) atoms.